The third-order valence-corrected chi connectivity index (χ3v) is 4.60. The molecular weight excluding hydrogens is 293 g/mol. The zero-order valence-corrected chi connectivity index (χ0v) is 12.8. The van der Waals surface area contributed by atoms with Crippen LogP contribution in [0.2, 0.25) is 0 Å². The fraction of sp³-hybridized carbons (Fsp3) is 0.467. The molecule has 0 unspecified atom stereocenters. The fourth-order valence-corrected chi connectivity index (χ4v) is 3.71. The number of halogens is 1. The number of hydrogen-bond donors (Lipinski definition) is 1. The molecule has 1 N–H and O–H groups in total. The SMILES string of the molecule is CC(C)C[C@@H](C(=O)O)N1C(=O)CS[C@@H]1c1ccccc1F. The van der Waals surface area contributed by atoms with Crippen molar-refractivity contribution in [1.29, 1.82) is 0 Å². The normalized spacial score (nSPS) is 20.1. The molecule has 0 bridgehead atoms. The Balaban J connectivity index is 2.36. The van der Waals surface area contributed by atoms with E-state index in [0.717, 1.165) is 0 Å². The molecule has 1 saturated heterocycles. The van der Waals surface area contributed by atoms with E-state index in [9.17, 15) is 19.1 Å². The molecule has 114 valence electrons. The summed E-state index contributed by atoms with van der Waals surface area (Å²) in [6.07, 6.45) is 0.354. The average Bonchev–Trinajstić information content (AvgIpc) is 2.78. The lowest BCUT2D eigenvalue weighted by Crippen LogP contribution is -2.44. The Morgan fingerprint density at radius 1 is 1.48 bits per heavy atom. The Bertz CT molecular complexity index is 549. The first-order valence-electron chi connectivity index (χ1n) is 6.81. The third-order valence-electron chi connectivity index (χ3n) is 3.39. The summed E-state index contributed by atoms with van der Waals surface area (Å²) in [6, 6.07) is 5.28. The number of rotatable bonds is 5. The lowest BCUT2D eigenvalue weighted by Gasteiger charge is -2.31. The third kappa shape index (κ3) is 3.37. The molecule has 2 rings (SSSR count). The summed E-state index contributed by atoms with van der Waals surface area (Å²) in [5, 5.41) is 8.87. The van der Waals surface area contributed by atoms with Crippen molar-refractivity contribution in [3.05, 3.63) is 35.6 Å². The molecule has 21 heavy (non-hydrogen) atoms. The van der Waals surface area contributed by atoms with Gasteiger partial charge in [0.1, 0.15) is 17.2 Å². The Labute approximate surface area is 127 Å². The summed E-state index contributed by atoms with van der Waals surface area (Å²) in [5.74, 6) is -1.39. The van der Waals surface area contributed by atoms with E-state index < -0.39 is 23.2 Å². The van der Waals surface area contributed by atoms with E-state index in [4.69, 9.17) is 0 Å². The number of thioether (sulfide) groups is 1. The number of carboxylic acids is 1. The van der Waals surface area contributed by atoms with Crippen LogP contribution in [0.5, 0.6) is 0 Å². The quantitative estimate of drug-likeness (QED) is 0.908. The molecule has 2 atom stereocenters. The number of carbonyl (C=O) groups excluding carboxylic acids is 1. The smallest absolute Gasteiger partial charge is 0.326 e. The van der Waals surface area contributed by atoms with Crippen molar-refractivity contribution in [3.63, 3.8) is 0 Å². The highest BCUT2D eigenvalue weighted by Crippen LogP contribution is 2.41. The highest BCUT2D eigenvalue weighted by Gasteiger charge is 2.41. The van der Waals surface area contributed by atoms with Crippen LogP contribution in [0.25, 0.3) is 0 Å². The molecule has 1 aliphatic rings. The second-order valence-corrected chi connectivity index (χ2v) is 6.54. The van der Waals surface area contributed by atoms with E-state index in [1.165, 1.54) is 22.7 Å². The van der Waals surface area contributed by atoms with Gasteiger partial charge in [0.25, 0.3) is 0 Å². The zero-order valence-electron chi connectivity index (χ0n) is 12.0. The molecule has 1 amide bonds. The lowest BCUT2D eigenvalue weighted by molar-refractivity contribution is -0.150. The van der Waals surface area contributed by atoms with Gasteiger partial charge in [-0.05, 0) is 18.4 Å². The molecule has 0 aromatic heterocycles. The Morgan fingerprint density at radius 3 is 2.71 bits per heavy atom. The number of benzene rings is 1. The predicted octanol–water partition coefficient (Wildman–Crippen LogP) is 2.90. The van der Waals surface area contributed by atoms with Crippen LogP contribution >= 0.6 is 11.8 Å². The molecule has 1 aromatic carbocycles. The van der Waals surface area contributed by atoms with Gasteiger partial charge in [0.2, 0.25) is 5.91 Å². The van der Waals surface area contributed by atoms with Gasteiger partial charge < -0.3 is 10.0 Å². The number of carbonyl (C=O) groups is 2. The van der Waals surface area contributed by atoms with Gasteiger partial charge in [-0.15, -0.1) is 11.8 Å². The molecular formula is C15H18FNO3S. The number of aliphatic carboxylic acids is 1. The standard InChI is InChI=1S/C15H18FNO3S/c1-9(2)7-12(15(19)20)17-13(18)8-21-14(17)10-5-3-4-6-11(10)16/h3-6,9,12,14H,7-8H2,1-2H3,(H,19,20)/t12-,14+/m0/s1. The van der Waals surface area contributed by atoms with Crippen molar-refractivity contribution in [2.45, 2.75) is 31.7 Å². The molecule has 6 heteroatoms. The van der Waals surface area contributed by atoms with Crippen LogP contribution in [0.1, 0.15) is 31.2 Å². The predicted molar refractivity (Wildman–Crippen MR) is 79.3 cm³/mol. The number of hydrogen-bond acceptors (Lipinski definition) is 3. The van der Waals surface area contributed by atoms with Crippen LogP contribution < -0.4 is 0 Å². The second-order valence-electron chi connectivity index (χ2n) is 5.47. The van der Waals surface area contributed by atoms with Gasteiger partial charge in [-0.2, -0.15) is 0 Å². The van der Waals surface area contributed by atoms with Crippen molar-refractivity contribution < 1.29 is 19.1 Å². The average molecular weight is 311 g/mol. The van der Waals surface area contributed by atoms with Crippen LogP contribution in [-0.4, -0.2) is 33.7 Å². The Hall–Kier alpha value is -1.56. The number of nitrogens with zero attached hydrogens (tertiary/aromatic N) is 1. The number of carboxylic acid groups (broad SMARTS) is 1. The Kier molecular flexibility index (Phi) is 4.88. The van der Waals surface area contributed by atoms with Crippen LogP contribution in [-0.2, 0) is 9.59 Å². The van der Waals surface area contributed by atoms with Gasteiger partial charge in [0, 0.05) is 5.56 Å². The molecule has 0 spiro atoms. The monoisotopic (exact) mass is 311 g/mol. The Morgan fingerprint density at radius 2 is 2.14 bits per heavy atom. The molecule has 0 saturated carbocycles. The van der Waals surface area contributed by atoms with Crippen molar-refractivity contribution >= 4 is 23.6 Å². The van der Waals surface area contributed by atoms with E-state index >= 15 is 0 Å². The second kappa shape index (κ2) is 6.47. The van der Waals surface area contributed by atoms with Gasteiger partial charge in [-0.1, -0.05) is 32.0 Å². The molecule has 0 aliphatic carbocycles. The van der Waals surface area contributed by atoms with Crippen LogP contribution in [0.3, 0.4) is 0 Å². The molecule has 1 aromatic rings. The largest absolute Gasteiger partial charge is 0.480 e. The molecule has 1 fully saturated rings. The van der Waals surface area contributed by atoms with Gasteiger partial charge in [-0.25, -0.2) is 9.18 Å². The summed E-state index contributed by atoms with van der Waals surface area (Å²) in [7, 11) is 0. The highest BCUT2D eigenvalue weighted by molar-refractivity contribution is 8.00. The zero-order chi connectivity index (χ0) is 15.6. The van der Waals surface area contributed by atoms with Gasteiger partial charge in [0.05, 0.1) is 5.75 Å². The van der Waals surface area contributed by atoms with E-state index in [0.29, 0.717) is 12.0 Å². The van der Waals surface area contributed by atoms with Gasteiger partial charge in [0.15, 0.2) is 0 Å². The van der Waals surface area contributed by atoms with Crippen LogP contribution in [0.15, 0.2) is 24.3 Å². The summed E-state index contributed by atoms with van der Waals surface area (Å²) >= 11 is 1.27. The topological polar surface area (TPSA) is 57.6 Å². The van der Waals surface area contributed by atoms with Gasteiger partial charge in [-0.3, -0.25) is 4.79 Å². The minimum atomic E-state index is -1.04. The van der Waals surface area contributed by atoms with E-state index in [1.807, 2.05) is 13.8 Å². The number of amides is 1. The summed E-state index contributed by atoms with van der Waals surface area (Å²) in [6.45, 7) is 3.81. The maximum atomic E-state index is 14.0. The lowest BCUT2D eigenvalue weighted by atomic mass is 10.0. The van der Waals surface area contributed by atoms with E-state index in [2.05, 4.69) is 0 Å². The molecule has 4 nitrogen and oxygen atoms in total. The highest BCUT2D eigenvalue weighted by atomic mass is 32.2. The molecule has 1 heterocycles. The minimum absolute atomic E-state index is 0.130. The maximum Gasteiger partial charge on any atom is 0.326 e. The first-order valence-corrected chi connectivity index (χ1v) is 7.86. The van der Waals surface area contributed by atoms with Crippen molar-refractivity contribution in [2.24, 2.45) is 5.92 Å². The summed E-state index contributed by atoms with van der Waals surface area (Å²) in [4.78, 5) is 25.0. The van der Waals surface area contributed by atoms with Crippen LogP contribution in [0.4, 0.5) is 4.39 Å². The van der Waals surface area contributed by atoms with E-state index in [1.54, 1.807) is 18.2 Å². The summed E-state index contributed by atoms with van der Waals surface area (Å²) in [5.41, 5.74) is 0.364. The minimum Gasteiger partial charge on any atom is -0.480 e. The molecule has 0 radical (unpaired) electrons. The van der Waals surface area contributed by atoms with E-state index in [-0.39, 0.29) is 17.6 Å². The fourth-order valence-electron chi connectivity index (χ4n) is 2.47. The van der Waals surface area contributed by atoms with Crippen molar-refractivity contribution in [1.82, 2.24) is 4.90 Å². The van der Waals surface area contributed by atoms with Crippen LogP contribution in [0, 0.1) is 11.7 Å². The summed E-state index contributed by atoms with van der Waals surface area (Å²) < 4.78 is 14.0. The first-order chi connectivity index (χ1) is 9.91. The van der Waals surface area contributed by atoms with Crippen molar-refractivity contribution in [3.8, 4) is 0 Å². The van der Waals surface area contributed by atoms with Crippen molar-refractivity contribution in [2.75, 3.05) is 5.75 Å². The molecule has 1 aliphatic heterocycles. The first kappa shape index (κ1) is 15.8. The van der Waals surface area contributed by atoms with Gasteiger partial charge >= 0.3 is 5.97 Å². The maximum absolute atomic E-state index is 14.0.